The first kappa shape index (κ1) is 17.2. The van der Waals surface area contributed by atoms with Gasteiger partial charge < -0.3 is 10.2 Å². The summed E-state index contributed by atoms with van der Waals surface area (Å²) in [6.07, 6.45) is 4.15. The molecule has 0 saturated carbocycles. The van der Waals surface area contributed by atoms with E-state index >= 15 is 0 Å². The molecule has 1 N–H and O–H groups in total. The second kappa shape index (κ2) is 8.46. The van der Waals surface area contributed by atoms with E-state index in [0.29, 0.717) is 19.1 Å². The molecule has 2 unspecified atom stereocenters. The van der Waals surface area contributed by atoms with E-state index in [1.807, 2.05) is 31.0 Å². The Morgan fingerprint density at radius 3 is 3.14 bits per heavy atom. The molecule has 22 heavy (non-hydrogen) atoms. The van der Waals surface area contributed by atoms with E-state index in [-0.39, 0.29) is 11.9 Å². The summed E-state index contributed by atoms with van der Waals surface area (Å²) in [4.78, 5) is 18.3. The first-order valence-electron chi connectivity index (χ1n) is 7.99. The first-order chi connectivity index (χ1) is 10.7. The minimum atomic E-state index is -0.0731. The Labute approximate surface area is 137 Å². The number of amides is 1. The van der Waals surface area contributed by atoms with Crippen molar-refractivity contribution in [1.82, 2.24) is 15.1 Å². The standard InChI is InChI=1S/C17H27N3OS/c1-4-9-20(13-16-8-6-11-22-16)17(21)14(2)19-10-5-7-15(12-19)18-3/h4,6,8,11,14-15,18H,1,5,7,9-10,12-13H2,2-3H3. The van der Waals surface area contributed by atoms with Gasteiger partial charge in [0, 0.05) is 24.0 Å². The monoisotopic (exact) mass is 321 g/mol. The molecule has 2 rings (SSSR count). The molecule has 0 aliphatic carbocycles. The Bertz CT molecular complexity index is 474. The van der Waals surface area contributed by atoms with Crippen molar-refractivity contribution < 1.29 is 4.79 Å². The molecule has 1 saturated heterocycles. The maximum absolute atomic E-state index is 12.9. The van der Waals surface area contributed by atoms with Crippen molar-refractivity contribution in [2.45, 2.75) is 38.4 Å². The van der Waals surface area contributed by atoms with Gasteiger partial charge in [0.25, 0.3) is 0 Å². The van der Waals surface area contributed by atoms with Crippen molar-refractivity contribution in [1.29, 1.82) is 0 Å². The Kier molecular flexibility index (Phi) is 6.61. The van der Waals surface area contributed by atoms with Gasteiger partial charge in [0.1, 0.15) is 0 Å². The van der Waals surface area contributed by atoms with E-state index in [2.05, 4.69) is 28.2 Å². The van der Waals surface area contributed by atoms with E-state index < -0.39 is 0 Å². The zero-order valence-corrected chi connectivity index (χ0v) is 14.4. The number of rotatable bonds is 7. The predicted octanol–water partition coefficient (Wildman–Crippen LogP) is 2.33. The smallest absolute Gasteiger partial charge is 0.240 e. The fraction of sp³-hybridized carbons (Fsp3) is 0.588. The molecule has 1 amide bonds. The third-order valence-corrected chi connectivity index (χ3v) is 5.22. The van der Waals surface area contributed by atoms with Crippen LogP contribution in [0.25, 0.3) is 0 Å². The number of hydrogen-bond acceptors (Lipinski definition) is 4. The third-order valence-electron chi connectivity index (χ3n) is 4.35. The van der Waals surface area contributed by atoms with Crippen LogP contribution in [0.4, 0.5) is 0 Å². The normalized spacial score (nSPS) is 20.5. The molecule has 0 spiro atoms. The zero-order chi connectivity index (χ0) is 15.9. The van der Waals surface area contributed by atoms with Crippen LogP contribution in [-0.4, -0.2) is 54.5 Å². The highest BCUT2D eigenvalue weighted by Gasteiger charge is 2.29. The van der Waals surface area contributed by atoms with Gasteiger partial charge >= 0.3 is 0 Å². The Hall–Kier alpha value is -1.17. The molecule has 122 valence electrons. The highest BCUT2D eigenvalue weighted by molar-refractivity contribution is 7.09. The Morgan fingerprint density at radius 2 is 2.50 bits per heavy atom. The number of piperidine rings is 1. The lowest BCUT2D eigenvalue weighted by Crippen LogP contribution is -2.53. The second-order valence-electron chi connectivity index (χ2n) is 5.89. The van der Waals surface area contributed by atoms with Crippen LogP contribution in [0.3, 0.4) is 0 Å². The molecule has 0 radical (unpaired) electrons. The lowest BCUT2D eigenvalue weighted by Gasteiger charge is -2.37. The van der Waals surface area contributed by atoms with Crippen molar-refractivity contribution in [3.05, 3.63) is 35.0 Å². The average Bonchev–Trinajstić information content (AvgIpc) is 3.06. The summed E-state index contributed by atoms with van der Waals surface area (Å²) >= 11 is 1.69. The molecule has 4 nitrogen and oxygen atoms in total. The maximum Gasteiger partial charge on any atom is 0.240 e. The first-order valence-corrected chi connectivity index (χ1v) is 8.87. The fourth-order valence-corrected chi connectivity index (χ4v) is 3.71. The van der Waals surface area contributed by atoms with E-state index in [9.17, 15) is 4.79 Å². The number of hydrogen-bond donors (Lipinski definition) is 1. The van der Waals surface area contributed by atoms with Crippen molar-refractivity contribution in [3.8, 4) is 0 Å². The molecular formula is C17H27N3OS. The summed E-state index contributed by atoms with van der Waals surface area (Å²) in [7, 11) is 2.00. The molecule has 1 aromatic heterocycles. The van der Waals surface area contributed by atoms with Gasteiger partial charge in [-0.15, -0.1) is 17.9 Å². The van der Waals surface area contributed by atoms with Crippen LogP contribution in [-0.2, 0) is 11.3 Å². The quantitative estimate of drug-likeness (QED) is 0.783. The van der Waals surface area contributed by atoms with Gasteiger partial charge in [0.15, 0.2) is 0 Å². The highest BCUT2D eigenvalue weighted by Crippen LogP contribution is 2.17. The SMILES string of the molecule is C=CCN(Cc1cccs1)C(=O)C(C)N1CCCC(NC)C1. The largest absolute Gasteiger partial charge is 0.332 e. The summed E-state index contributed by atoms with van der Waals surface area (Å²) in [6, 6.07) is 4.53. The second-order valence-corrected chi connectivity index (χ2v) is 6.92. The summed E-state index contributed by atoms with van der Waals surface area (Å²) in [5, 5.41) is 5.39. The van der Waals surface area contributed by atoms with Crippen LogP contribution in [0.1, 0.15) is 24.6 Å². The maximum atomic E-state index is 12.9. The Morgan fingerprint density at radius 1 is 1.68 bits per heavy atom. The molecule has 2 atom stereocenters. The summed E-state index contributed by atoms with van der Waals surface area (Å²) in [5.41, 5.74) is 0. The minimum Gasteiger partial charge on any atom is -0.332 e. The number of nitrogens with zero attached hydrogens (tertiary/aromatic N) is 2. The van der Waals surface area contributed by atoms with E-state index in [0.717, 1.165) is 19.5 Å². The van der Waals surface area contributed by atoms with Crippen LogP contribution in [0.15, 0.2) is 30.2 Å². The average molecular weight is 321 g/mol. The van der Waals surface area contributed by atoms with Crippen LogP contribution in [0.2, 0.25) is 0 Å². The predicted molar refractivity (Wildman–Crippen MR) is 93.0 cm³/mol. The number of likely N-dealkylation sites (N-methyl/N-ethyl adjacent to an activating group) is 1. The van der Waals surface area contributed by atoms with Crippen molar-refractivity contribution in [2.24, 2.45) is 0 Å². The van der Waals surface area contributed by atoms with Gasteiger partial charge in [-0.2, -0.15) is 0 Å². The van der Waals surface area contributed by atoms with Crippen LogP contribution < -0.4 is 5.32 Å². The van der Waals surface area contributed by atoms with Gasteiger partial charge in [0.2, 0.25) is 5.91 Å². The molecule has 5 heteroatoms. The fourth-order valence-electron chi connectivity index (χ4n) is 2.99. The molecule has 1 aromatic rings. The molecule has 1 aliphatic rings. The molecule has 0 bridgehead atoms. The van der Waals surface area contributed by atoms with Gasteiger partial charge in [-0.25, -0.2) is 0 Å². The van der Waals surface area contributed by atoms with Gasteiger partial charge in [-0.05, 0) is 44.8 Å². The van der Waals surface area contributed by atoms with Gasteiger partial charge in [0.05, 0.1) is 12.6 Å². The van der Waals surface area contributed by atoms with Crippen LogP contribution in [0.5, 0.6) is 0 Å². The molecule has 0 aromatic carbocycles. The van der Waals surface area contributed by atoms with Crippen LogP contribution >= 0.6 is 11.3 Å². The van der Waals surface area contributed by atoms with Crippen molar-refractivity contribution in [3.63, 3.8) is 0 Å². The van der Waals surface area contributed by atoms with E-state index in [1.165, 1.54) is 11.3 Å². The number of thiophene rings is 1. The third kappa shape index (κ3) is 4.41. The summed E-state index contributed by atoms with van der Waals surface area (Å²) < 4.78 is 0. The molecule has 1 fully saturated rings. The Balaban J connectivity index is 2.00. The van der Waals surface area contributed by atoms with E-state index in [1.54, 1.807) is 11.3 Å². The minimum absolute atomic E-state index is 0.0731. The molecule has 1 aliphatic heterocycles. The topological polar surface area (TPSA) is 35.6 Å². The lowest BCUT2D eigenvalue weighted by atomic mass is 10.0. The summed E-state index contributed by atoms with van der Waals surface area (Å²) in [6.45, 7) is 9.06. The van der Waals surface area contributed by atoms with Gasteiger partial charge in [-0.3, -0.25) is 9.69 Å². The van der Waals surface area contributed by atoms with E-state index in [4.69, 9.17) is 0 Å². The number of nitrogens with one attached hydrogen (secondary N) is 1. The number of carbonyl (C=O) groups is 1. The molecule has 2 heterocycles. The number of carbonyl (C=O) groups excluding carboxylic acids is 1. The van der Waals surface area contributed by atoms with Gasteiger partial charge in [-0.1, -0.05) is 12.1 Å². The number of likely N-dealkylation sites (tertiary alicyclic amines) is 1. The lowest BCUT2D eigenvalue weighted by molar-refractivity contribution is -0.137. The summed E-state index contributed by atoms with van der Waals surface area (Å²) in [5.74, 6) is 0.199. The van der Waals surface area contributed by atoms with Crippen molar-refractivity contribution in [2.75, 3.05) is 26.7 Å². The zero-order valence-electron chi connectivity index (χ0n) is 13.6. The molecular weight excluding hydrogens is 294 g/mol. The van der Waals surface area contributed by atoms with Crippen molar-refractivity contribution >= 4 is 17.2 Å². The highest BCUT2D eigenvalue weighted by atomic mass is 32.1. The van der Waals surface area contributed by atoms with Crippen LogP contribution in [0, 0.1) is 0 Å².